The number of rotatable bonds is 10. The summed E-state index contributed by atoms with van der Waals surface area (Å²) in [6.07, 6.45) is 12.4. The monoisotopic (exact) mass is 365 g/mol. The zero-order valence-corrected chi connectivity index (χ0v) is 17.4. The Morgan fingerprint density at radius 1 is 0.962 bits per heavy atom. The van der Waals surface area contributed by atoms with E-state index >= 15 is 0 Å². The first-order valence-electron chi connectivity index (χ1n) is 11.2. The van der Waals surface area contributed by atoms with Gasteiger partial charge in [-0.2, -0.15) is 0 Å². The van der Waals surface area contributed by atoms with Crippen LogP contribution >= 0.6 is 0 Å². The van der Waals surface area contributed by atoms with Crippen molar-refractivity contribution in [2.75, 3.05) is 59.4 Å². The number of guanidine groups is 1. The Hall–Kier alpha value is -0.810. The summed E-state index contributed by atoms with van der Waals surface area (Å²) in [5.74, 6) is 2.03. The van der Waals surface area contributed by atoms with Gasteiger partial charge in [0.25, 0.3) is 0 Å². The molecule has 152 valence electrons. The molecule has 26 heavy (non-hydrogen) atoms. The average Bonchev–Trinajstić information content (AvgIpc) is 3.07. The van der Waals surface area contributed by atoms with Crippen molar-refractivity contribution in [2.24, 2.45) is 10.9 Å². The Labute approximate surface area is 162 Å². The van der Waals surface area contributed by atoms with Gasteiger partial charge < -0.3 is 20.4 Å². The molecule has 0 amide bonds. The van der Waals surface area contributed by atoms with Crippen molar-refractivity contribution in [2.45, 2.75) is 64.7 Å². The summed E-state index contributed by atoms with van der Waals surface area (Å²) >= 11 is 0. The van der Waals surface area contributed by atoms with Crippen LogP contribution in [-0.2, 0) is 0 Å². The minimum Gasteiger partial charge on any atom is -0.357 e. The molecule has 2 fully saturated rings. The number of nitrogens with one attached hydrogen (secondary N) is 2. The average molecular weight is 366 g/mol. The molecule has 0 aromatic heterocycles. The Bertz CT molecular complexity index is 379. The molecule has 1 saturated heterocycles. The number of unbranched alkanes of at least 4 members (excludes halogenated alkanes) is 1. The number of aliphatic imine (C=N–C) groups is 1. The van der Waals surface area contributed by atoms with E-state index in [1.807, 2.05) is 0 Å². The van der Waals surface area contributed by atoms with Crippen LogP contribution in [0.15, 0.2) is 4.99 Å². The molecule has 0 atom stereocenters. The van der Waals surface area contributed by atoms with Gasteiger partial charge in [-0.3, -0.25) is 4.99 Å². The van der Waals surface area contributed by atoms with Crippen LogP contribution in [-0.4, -0.2) is 75.2 Å². The maximum absolute atomic E-state index is 4.77. The lowest BCUT2D eigenvalue weighted by atomic mass is 10.0. The van der Waals surface area contributed by atoms with E-state index in [4.69, 9.17) is 4.99 Å². The van der Waals surface area contributed by atoms with E-state index in [1.54, 1.807) is 0 Å². The zero-order chi connectivity index (χ0) is 18.5. The predicted molar refractivity (Wildman–Crippen MR) is 113 cm³/mol. The lowest BCUT2D eigenvalue weighted by Gasteiger charge is -2.19. The smallest absolute Gasteiger partial charge is 0.191 e. The van der Waals surface area contributed by atoms with Gasteiger partial charge in [-0.25, -0.2) is 0 Å². The molecule has 0 radical (unpaired) electrons. The van der Waals surface area contributed by atoms with Crippen molar-refractivity contribution < 1.29 is 0 Å². The van der Waals surface area contributed by atoms with Gasteiger partial charge in [0.1, 0.15) is 0 Å². The number of hydrogen-bond acceptors (Lipinski definition) is 3. The van der Waals surface area contributed by atoms with E-state index < -0.39 is 0 Å². The molecule has 0 unspecified atom stereocenters. The second-order valence-electron chi connectivity index (χ2n) is 8.19. The molecular formula is C21H43N5. The topological polar surface area (TPSA) is 42.9 Å². The molecule has 1 heterocycles. The van der Waals surface area contributed by atoms with E-state index in [0.717, 1.165) is 37.9 Å². The first-order valence-corrected chi connectivity index (χ1v) is 11.2. The first kappa shape index (κ1) is 21.5. The second kappa shape index (κ2) is 13.4. The van der Waals surface area contributed by atoms with Crippen molar-refractivity contribution >= 4 is 5.96 Å². The zero-order valence-electron chi connectivity index (χ0n) is 17.4. The van der Waals surface area contributed by atoms with Crippen LogP contribution in [0, 0.1) is 5.92 Å². The van der Waals surface area contributed by atoms with Gasteiger partial charge in [0.2, 0.25) is 0 Å². The summed E-state index contributed by atoms with van der Waals surface area (Å²) in [6.45, 7) is 11.1. The summed E-state index contributed by atoms with van der Waals surface area (Å²) in [5, 5.41) is 6.91. The third-order valence-corrected chi connectivity index (χ3v) is 5.87. The molecule has 2 rings (SSSR count). The maximum Gasteiger partial charge on any atom is 0.191 e. The Kier molecular flexibility index (Phi) is 11.1. The Balaban J connectivity index is 1.54. The van der Waals surface area contributed by atoms with Crippen LogP contribution in [0.1, 0.15) is 64.7 Å². The molecule has 0 bridgehead atoms. The summed E-state index contributed by atoms with van der Waals surface area (Å²) in [6, 6.07) is 0. The van der Waals surface area contributed by atoms with Gasteiger partial charge in [-0.15, -0.1) is 0 Å². The van der Waals surface area contributed by atoms with Crippen LogP contribution in [0.25, 0.3) is 0 Å². The molecule has 1 aliphatic carbocycles. The Morgan fingerprint density at radius 3 is 2.62 bits per heavy atom. The quantitative estimate of drug-likeness (QED) is 0.355. The fourth-order valence-electron chi connectivity index (χ4n) is 4.21. The summed E-state index contributed by atoms with van der Waals surface area (Å²) < 4.78 is 0. The molecule has 1 saturated carbocycles. The fraction of sp³-hybridized carbons (Fsp3) is 0.952. The van der Waals surface area contributed by atoms with Crippen LogP contribution < -0.4 is 10.6 Å². The van der Waals surface area contributed by atoms with Gasteiger partial charge >= 0.3 is 0 Å². The van der Waals surface area contributed by atoms with Gasteiger partial charge in [-0.1, -0.05) is 38.5 Å². The van der Waals surface area contributed by atoms with Crippen LogP contribution in [0.4, 0.5) is 0 Å². The van der Waals surface area contributed by atoms with Crippen LogP contribution in [0.3, 0.4) is 0 Å². The molecular weight excluding hydrogens is 322 g/mol. The van der Waals surface area contributed by atoms with E-state index in [9.17, 15) is 0 Å². The van der Waals surface area contributed by atoms with Gasteiger partial charge in [0.05, 0.1) is 0 Å². The van der Waals surface area contributed by atoms with Gasteiger partial charge in [0, 0.05) is 32.7 Å². The molecule has 2 N–H and O–H groups in total. The third-order valence-electron chi connectivity index (χ3n) is 5.87. The van der Waals surface area contributed by atoms with Crippen LogP contribution in [0.5, 0.6) is 0 Å². The lowest BCUT2D eigenvalue weighted by Crippen LogP contribution is -2.38. The maximum atomic E-state index is 4.77. The first-order chi connectivity index (χ1) is 12.8. The molecule has 0 aromatic rings. The fourth-order valence-corrected chi connectivity index (χ4v) is 4.21. The van der Waals surface area contributed by atoms with Gasteiger partial charge in [0.15, 0.2) is 5.96 Å². The molecule has 5 nitrogen and oxygen atoms in total. The third kappa shape index (κ3) is 9.22. The van der Waals surface area contributed by atoms with Crippen molar-refractivity contribution in [1.29, 1.82) is 0 Å². The minimum atomic E-state index is 0.920. The van der Waals surface area contributed by atoms with Crippen molar-refractivity contribution in [3.63, 3.8) is 0 Å². The number of likely N-dealkylation sites (N-methyl/N-ethyl adjacent to an activating group) is 1. The highest BCUT2D eigenvalue weighted by molar-refractivity contribution is 5.79. The molecule has 0 spiro atoms. The van der Waals surface area contributed by atoms with E-state index in [-0.39, 0.29) is 0 Å². The Morgan fingerprint density at radius 2 is 1.81 bits per heavy atom. The molecule has 1 aliphatic heterocycles. The molecule has 5 heteroatoms. The SMILES string of the molecule is CCNC(=NCCCN1CCCN(C)CC1)NCCCCC1CCCC1. The van der Waals surface area contributed by atoms with Crippen molar-refractivity contribution in [3.05, 3.63) is 0 Å². The number of nitrogens with zero attached hydrogens (tertiary/aromatic N) is 3. The van der Waals surface area contributed by atoms with E-state index in [0.29, 0.717) is 0 Å². The summed E-state index contributed by atoms with van der Waals surface area (Å²) in [5.41, 5.74) is 0. The number of hydrogen-bond donors (Lipinski definition) is 2. The van der Waals surface area contributed by atoms with Crippen molar-refractivity contribution in [1.82, 2.24) is 20.4 Å². The molecule has 2 aliphatic rings. The highest BCUT2D eigenvalue weighted by atomic mass is 15.2. The summed E-state index contributed by atoms with van der Waals surface area (Å²) in [7, 11) is 2.23. The largest absolute Gasteiger partial charge is 0.357 e. The highest BCUT2D eigenvalue weighted by Gasteiger charge is 2.14. The second-order valence-corrected chi connectivity index (χ2v) is 8.19. The lowest BCUT2D eigenvalue weighted by molar-refractivity contribution is 0.275. The van der Waals surface area contributed by atoms with Gasteiger partial charge in [-0.05, 0) is 58.8 Å². The normalized spacial score (nSPS) is 21.1. The minimum absolute atomic E-state index is 0.920. The van der Waals surface area contributed by atoms with E-state index in [1.165, 1.54) is 84.1 Å². The van der Waals surface area contributed by atoms with Crippen molar-refractivity contribution in [3.8, 4) is 0 Å². The van der Waals surface area contributed by atoms with E-state index in [2.05, 4.69) is 34.4 Å². The standard InChI is InChI=1S/C21H43N5/c1-3-22-21(23-13-7-6-12-20-10-4-5-11-20)24-14-8-16-26-17-9-15-25(2)18-19-26/h20H,3-19H2,1-2H3,(H2,22,23,24). The molecule has 0 aromatic carbocycles. The van der Waals surface area contributed by atoms with Crippen LogP contribution in [0.2, 0.25) is 0 Å². The highest BCUT2D eigenvalue weighted by Crippen LogP contribution is 2.28. The predicted octanol–water partition coefficient (Wildman–Crippen LogP) is 2.93. The summed E-state index contributed by atoms with van der Waals surface area (Å²) in [4.78, 5) is 9.81.